The Balaban J connectivity index is 1.66. The average Bonchev–Trinajstić information content (AvgIpc) is 3.00. The van der Waals surface area contributed by atoms with Gasteiger partial charge in [0.1, 0.15) is 18.3 Å². The van der Waals surface area contributed by atoms with Gasteiger partial charge in [0.2, 0.25) is 11.8 Å². The highest BCUT2D eigenvalue weighted by molar-refractivity contribution is 7.92. The fraction of sp³-hybridized carbons (Fsp3) is 0.355. The number of hydrogen-bond donors (Lipinski definition) is 1. The molecule has 1 unspecified atom stereocenters. The predicted molar refractivity (Wildman–Crippen MR) is 165 cm³/mol. The van der Waals surface area contributed by atoms with Crippen LogP contribution in [0.4, 0.5) is 5.69 Å². The van der Waals surface area contributed by atoms with E-state index < -0.39 is 28.5 Å². The first-order valence-electron chi connectivity index (χ1n) is 13.8. The quantitative estimate of drug-likeness (QED) is 0.277. The van der Waals surface area contributed by atoms with Crippen molar-refractivity contribution in [3.63, 3.8) is 0 Å². The summed E-state index contributed by atoms with van der Waals surface area (Å²) in [5.74, 6) is -0.321. The van der Waals surface area contributed by atoms with Gasteiger partial charge in [-0.05, 0) is 86.0 Å². The van der Waals surface area contributed by atoms with Crippen LogP contribution in [0.1, 0.15) is 44.6 Å². The lowest BCUT2D eigenvalue weighted by Gasteiger charge is -2.33. The topological polar surface area (TPSA) is 96.0 Å². The number of halogens is 2. The van der Waals surface area contributed by atoms with E-state index in [0.29, 0.717) is 15.8 Å². The third-order valence-electron chi connectivity index (χ3n) is 7.43. The van der Waals surface area contributed by atoms with E-state index >= 15 is 0 Å². The van der Waals surface area contributed by atoms with Crippen molar-refractivity contribution in [2.75, 3.05) is 18.0 Å². The maximum atomic E-state index is 14.0. The highest BCUT2D eigenvalue weighted by atomic mass is 35.5. The number of nitrogens with one attached hydrogen (secondary N) is 1. The van der Waals surface area contributed by atoms with Crippen LogP contribution in [0, 0.1) is 0 Å². The van der Waals surface area contributed by atoms with Crippen molar-refractivity contribution in [1.29, 1.82) is 0 Å². The highest BCUT2D eigenvalue weighted by Crippen LogP contribution is 2.27. The average molecular weight is 633 g/mol. The molecule has 4 rings (SSSR count). The molecular weight excluding hydrogens is 597 g/mol. The van der Waals surface area contributed by atoms with Crippen molar-refractivity contribution in [3.8, 4) is 5.75 Å². The summed E-state index contributed by atoms with van der Waals surface area (Å²) in [7, 11) is -2.71. The number of methoxy groups -OCH3 is 1. The van der Waals surface area contributed by atoms with Gasteiger partial charge in [-0.3, -0.25) is 13.9 Å². The van der Waals surface area contributed by atoms with Crippen LogP contribution in [0.25, 0.3) is 0 Å². The third kappa shape index (κ3) is 7.96. The first-order chi connectivity index (χ1) is 20.1. The number of rotatable bonds is 11. The fourth-order valence-corrected chi connectivity index (χ4v) is 6.61. The monoisotopic (exact) mass is 631 g/mol. The molecule has 0 aromatic heterocycles. The van der Waals surface area contributed by atoms with E-state index in [1.165, 1.54) is 24.1 Å². The summed E-state index contributed by atoms with van der Waals surface area (Å²) in [6.07, 6.45) is 5.03. The molecule has 0 aliphatic heterocycles. The third-order valence-corrected chi connectivity index (χ3v) is 9.72. The summed E-state index contributed by atoms with van der Waals surface area (Å²) < 4.78 is 34.1. The van der Waals surface area contributed by atoms with Gasteiger partial charge in [-0.2, -0.15) is 0 Å². The van der Waals surface area contributed by atoms with Gasteiger partial charge in [0.05, 0.1) is 17.7 Å². The largest absolute Gasteiger partial charge is 0.497 e. The summed E-state index contributed by atoms with van der Waals surface area (Å²) >= 11 is 12.2. The van der Waals surface area contributed by atoms with Gasteiger partial charge in [0, 0.05) is 22.6 Å². The summed E-state index contributed by atoms with van der Waals surface area (Å²) in [5, 5.41) is 4.06. The zero-order chi connectivity index (χ0) is 30.3. The van der Waals surface area contributed by atoms with Gasteiger partial charge in [-0.15, -0.1) is 0 Å². The van der Waals surface area contributed by atoms with E-state index in [2.05, 4.69) is 5.32 Å². The van der Waals surface area contributed by atoms with E-state index in [0.717, 1.165) is 42.0 Å². The number of anilines is 1. The Morgan fingerprint density at radius 3 is 2.05 bits per heavy atom. The molecule has 1 N–H and O–H groups in total. The Kier molecular flexibility index (Phi) is 10.8. The molecule has 1 aliphatic rings. The number of carbonyl (C=O) groups is 2. The molecule has 1 saturated carbocycles. The minimum absolute atomic E-state index is 0.0154. The number of sulfonamides is 1. The second kappa shape index (κ2) is 14.3. The Morgan fingerprint density at radius 2 is 1.48 bits per heavy atom. The molecule has 224 valence electrons. The Morgan fingerprint density at radius 1 is 0.905 bits per heavy atom. The normalized spacial score (nSPS) is 14.6. The van der Waals surface area contributed by atoms with E-state index in [9.17, 15) is 18.0 Å². The van der Waals surface area contributed by atoms with Crippen molar-refractivity contribution in [3.05, 3.63) is 88.4 Å². The van der Waals surface area contributed by atoms with E-state index in [-0.39, 0.29) is 29.1 Å². The van der Waals surface area contributed by atoms with Crippen molar-refractivity contribution >= 4 is 50.7 Å². The van der Waals surface area contributed by atoms with E-state index in [4.69, 9.17) is 27.9 Å². The van der Waals surface area contributed by atoms with Crippen molar-refractivity contribution in [2.24, 2.45) is 0 Å². The molecule has 0 saturated heterocycles. The lowest BCUT2D eigenvalue weighted by molar-refractivity contribution is -0.139. The zero-order valence-corrected chi connectivity index (χ0v) is 26.0. The molecule has 3 aromatic carbocycles. The van der Waals surface area contributed by atoms with Crippen LogP contribution in [-0.4, -0.2) is 50.9 Å². The van der Waals surface area contributed by atoms with Gasteiger partial charge in [-0.1, -0.05) is 54.6 Å². The lowest BCUT2D eigenvalue weighted by atomic mass is 9.95. The van der Waals surface area contributed by atoms with Crippen molar-refractivity contribution < 1.29 is 22.7 Å². The van der Waals surface area contributed by atoms with Crippen LogP contribution in [0.15, 0.2) is 77.7 Å². The van der Waals surface area contributed by atoms with Gasteiger partial charge >= 0.3 is 0 Å². The molecule has 0 bridgehead atoms. The molecule has 0 radical (unpaired) electrons. The first-order valence-corrected chi connectivity index (χ1v) is 16.0. The second-order valence-electron chi connectivity index (χ2n) is 10.3. The molecule has 2 amide bonds. The second-order valence-corrected chi connectivity index (χ2v) is 13.1. The molecular formula is C31H35Cl2N3O5S. The number of benzene rings is 3. The maximum Gasteiger partial charge on any atom is 0.264 e. The van der Waals surface area contributed by atoms with Crippen LogP contribution in [0.2, 0.25) is 10.0 Å². The van der Waals surface area contributed by atoms with Crippen LogP contribution in [0.5, 0.6) is 5.75 Å². The SMILES string of the molecule is COc1ccc(S(=O)(=O)N(CC(=O)N(Cc2ccc(Cl)cc2)C(C)C(=O)NC2CCCCC2)c2ccc(Cl)cc2)cc1. The molecule has 11 heteroatoms. The molecule has 1 fully saturated rings. The summed E-state index contributed by atoms with van der Waals surface area (Å²) in [6, 6.07) is 18.3. The number of carbonyl (C=O) groups excluding carboxylic acids is 2. The molecule has 8 nitrogen and oxygen atoms in total. The fourth-order valence-electron chi connectivity index (χ4n) is 4.95. The predicted octanol–water partition coefficient (Wildman–Crippen LogP) is 6.06. The molecule has 1 aliphatic carbocycles. The minimum atomic E-state index is -4.20. The van der Waals surface area contributed by atoms with E-state index in [1.807, 2.05) is 0 Å². The zero-order valence-electron chi connectivity index (χ0n) is 23.6. The van der Waals surface area contributed by atoms with Crippen LogP contribution in [0.3, 0.4) is 0 Å². The molecule has 42 heavy (non-hydrogen) atoms. The molecule has 0 spiro atoms. The number of nitrogens with zero attached hydrogens (tertiary/aromatic N) is 2. The standard InChI is InChI=1S/C31H35Cl2N3O5S/c1-22(31(38)34-26-6-4-3-5-7-26)35(20-23-8-10-24(32)11-9-23)30(37)21-36(27-14-12-25(33)13-15-27)42(39,40)29-18-16-28(41-2)17-19-29/h8-19,22,26H,3-7,20-21H2,1-2H3,(H,34,38). The van der Waals surface area contributed by atoms with Crippen molar-refractivity contribution in [2.45, 2.75) is 62.6 Å². The lowest BCUT2D eigenvalue weighted by Crippen LogP contribution is -2.53. The summed E-state index contributed by atoms with van der Waals surface area (Å²) in [4.78, 5) is 28.8. The smallest absolute Gasteiger partial charge is 0.264 e. The number of ether oxygens (including phenoxy) is 1. The van der Waals surface area contributed by atoms with Gasteiger partial charge < -0.3 is 15.0 Å². The van der Waals surface area contributed by atoms with Crippen LogP contribution >= 0.6 is 23.2 Å². The summed E-state index contributed by atoms with van der Waals surface area (Å²) in [5.41, 5.74) is 1.01. The molecule has 1 atom stereocenters. The molecule has 0 heterocycles. The maximum absolute atomic E-state index is 14.0. The van der Waals surface area contributed by atoms with Crippen molar-refractivity contribution in [1.82, 2.24) is 10.2 Å². The minimum Gasteiger partial charge on any atom is -0.497 e. The number of hydrogen-bond acceptors (Lipinski definition) is 5. The Labute approximate surface area is 257 Å². The highest BCUT2D eigenvalue weighted by Gasteiger charge is 2.33. The van der Waals surface area contributed by atoms with Gasteiger partial charge in [0.15, 0.2) is 0 Å². The van der Waals surface area contributed by atoms with E-state index in [1.54, 1.807) is 67.6 Å². The van der Waals surface area contributed by atoms with Crippen LogP contribution < -0.4 is 14.4 Å². The summed E-state index contributed by atoms with van der Waals surface area (Å²) in [6.45, 7) is 1.22. The Bertz CT molecular complexity index is 1460. The molecule has 3 aromatic rings. The van der Waals surface area contributed by atoms with Gasteiger partial charge in [0.25, 0.3) is 10.0 Å². The first kappa shape index (κ1) is 31.7. The number of amides is 2. The van der Waals surface area contributed by atoms with Crippen LogP contribution in [-0.2, 0) is 26.2 Å². The Hall–Kier alpha value is -3.27. The van der Waals surface area contributed by atoms with Gasteiger partial charge in [-0.25, -0.2) is 8.42 Å².